The molecule has 4 rings (SSSR count). The molecule has 9 nitrogen and oxygen atoms in total. The fourth-order valence-electron chi connectivity index (χ4n) is 3.55. The van der Waals surface area contributed by atoms with Gasteiger partial charge in [0, 0.05) is 18.8 Å². The van der Waals surface area contributed by atoms with Gasteiger partial charge in [-0.2, -0.15) is 14.2 Å². The summed E-state index contributed by atoms with van der Waals surface area (Å²) in [5, 5.41) is 11.1. The van der Waals surface area contributed by atoms with Crippen LogP contribution in [-0.2, 0) is 10.0 Å². The summed E-state index contributed by atoms with van der Waals surface area (Å²) in [5.74, 6) is -0.219. The van der Waals surface area contributed by atoms with Gasteiger partial charge < -0.3 is 10.1 Å². The highest BCUT2D eigenvalue weighted by Gasteiger charge is 2.29. The van der Waals surface area contributed by atoms with Crippen LogP contribution in [0.5, 0.6) is 5.75 Å². The summed E-state index contributed by atoms with van der Waals surface area (Å²) in [4.78, 5) is 14.1. The molecule has 0 bridgehead atoms. The van der Waals surface area contributed by atoms with Crippen LogP contribution in [-0.4, -0.2) is 53.3 Å². The first-order valence-electron chi connectivity index (χ1n) is 10.5. The lowest BCUT2D eigenvalue weighted by Crippen LogP contribution is -2.35. The molecule has 10 heteroatoms. The van der Waals surface area contributed by atoms with Crippen molar-refractivity contribution in [1.29, 1.82) is 0 Å². The zero-order chi connectivity index (χ0) is 22.6. The fraction of sp³-hybridized carbons (Fsp3) is 0.318. The van der Waals surface area contributed by atoms with E-state index in [9.17, 15) is 13.2 Å². The number of nitrogens with one attached hydrogen (secondary N) is 1. The number of sulfonamides is 1. The van der Waals surface area contributed by atoms with Gasteiger partial charge in [-0.3, -0.25) is 4.79 Å². The normalized spacial score (nSPS) is 14.8. The number of rotatable bonds is 7. The maximum absolute atomic E-state index is 13.3. The molecule has 0 aliphatic carbocycles. The van der Waals surface area contributed by atoms with Crippen LogP contribution in [0.4, 0.5) is 5.69 Å². The minimum absolute atomic E-state index is 0.0481. The quantitative estimate of drug-likeness (QED) is 0.587. The van der Waals surface area contributed by atoms with E-state index in [1.807, 2.05) is 30.3 Å². The van der Waals surface area contributed by atoms with E-state index in [1.54, 1.807) is 19.1 Å². The molecule has 1 N–H and O–H groups in total. The molecule has 0 spiro atoms. The molecule has 1 saturated heterocycles. The molecule has 1 aromatic heterocycles. The van der Waals surface area contributed by atoms with Crippen LogP contribution < -0.4 is 10.1 Å². The van der Waals surface area contributed by atoms with Gasteiger partial charge in [-0.15, -0.1) is 5.10 Å². The first kappa shape index (κ1) is 22.0. The van der Waals surface area contributed by atoms with E-state index in [1.165, 1.54) is 21.4 Å². The second-order valence-electron chi connectivity index (χ2n) is 7.37. The highest BCUT2D eigenvalue weighted by Crippen LogP contribution is 2.31. The zero-order valence-electron chi connectivity index (χ0n) is 17.8. The Balaban J connectivity index is 1.58. The maximum Gasteiger partial charge on any atom is 0.277 e. The van der Waals surface area contributed by atoms with Gasteiger partial charge >= 0.3 is 0 Å². The van der Waals surface area contributed by atoms with Gasteiger partial charge in [0.1, 0.15) is 10.6 Å². The molecule has 0 radical (unpaired) electrons. The van der Waals surface area contributed by atoms with Crippen LogP contribution >= 0.6 is 0 Å². The smallest absolute Gasteiger partial charge is 0.277 e. The molecular formula is C22H25N5O4S. The molecule has 0 atom stereocenters. The Labute approximate surface area is 187 Å². The molecule has 2 heterocycles. The Hall–Kier alpha value is -3.24. The molecule has 1 amide bonds. The number of anilines is 1. The maximum atomic E-state index is 13.3. The Morgan fingerprint density at radius 2 is 1.84 bits per heavy atom. The fourth-order valence-corrected chi connectivity index (χ4v) is 5.23. The van der Waals surface area contributed by atoms with Crippen molar-refractivity contribution in [2.24, 2.45) is 0 Å². The third-order valence-corrected chi connectivity index (χ3v) is 7.07. The number of ether oxygens (including phenoxy) is 1. The van der Waals surface area contributed by atoms with Crippen LogP contribution in [0.1, 0.15) is 36.7 Å². The summed E-state index contributed by atoms with van der Waals surface area (Å²) in [5.41, 5.74) is 1.18. The average molecular weight is 456 g/mol. The Morgan fingerprint density at radius 1 is 1.09 bits per heavy atom. The van der Waals surface area contributed by atoms with E-state index in [4.69, 9.17) is 4.74 Å². The topological polar surface area (TPSA) is 106 Å². The van der Waals surface area contributed by atoms with Crippen LogP contribution in [0.25, 0.3) is 5.69 Å². The second kappa shape index (κ2) is 9.49. The number of amides is 1. The molecular weight excluding hydrogens is 430 g/mol. The third-order valence-electron chi connectivity index (χ3n) is 5.15. The molecule has 168 valence electrons. The molecule has 32 heavy (non-hydrogen) atoms. The Kier molecular flexibility index (Phi) is 6.52. The second-order valence-corrected chi connectivity index (χ2v) is 9.27. The van der Waals surface area contributed by atoms with E-state index in [0.717, 1.165) is 24.9 Å². The van der Waals surface area contributed by atoms with Crippen molar-refractivity contribution in [2.75, 3.05) is 25.0 Å². The number of carbonyl (C=O) groups is 1. The highest BCUT2D eigenvalue weighted by molar-refractivity contribution is 7.89. The Morgan fingerprint density at radius 3 is 2.56 bits per heavy atom. The van der Waals surface area contributed by atoms with Crippen molar-refractivity contribution in [3.8, 4) is 11.4 Å². The third kappa shape index (κ3) is 4.66. The molecule has 2 aromatic carbocycles. The van der Waals surface area contributed by atoms with Crippen molar-refractivity contribution in [3.05, 3.63) is 60.4 Å². The zero-order valence-corrected chi connectivity index (χ0v) is 18.6. The summed E-state index contributed by atoms with van der Waals surface area (Å²) in [6.45, 7) is 3.08. The van der Waals surface area contributed by atoms with Crippen LogP contribution in [0.2, 0.25) is 0 Å². The number of hydrogen-bond acceptors (Lipinski definition) is 6. The number of benzene rings is 2. The van der Waals surface area contributed by atoms with Crippen LogP contribution in [0.3, 0.4) is 0 Å². The van der Waals surface area contributed by atoms with E-state index in [0.29, 0.717) is 25.4 Å². The number of piperidine rings is 1. The minimum atomic E-state index is -3.74. The number of carbonyl (C=O) groups excluding carboxylic acids is 1. The van der Waals surface area contributed by atoms with E-state index in [2.05, 4.69) is 15.5 Å². The van der Waals surface area contributed by atoms with Crippen molar-refractivity contribution in [2.45, 2.75) is 31.1 Å². The largest absolute Gasteiger partial charge is 0.492 e. The number of nitrogens with zero attached hydrogens (tertiary/aromatic N) is 4. The summed E-state index contributed by atoms with van der Waals surface area (Å²) in [7, 11) is -3.74. The standard InChI is InChI=1S/C22H25N5O4S/c1-2-31-20-12-11-17(15-21(20)32(29,30)26-13-7-4-8-14-26)24-22(28)19-16-23-27(25-19)18-9-5-3-6-10-18/h3,5-6,9-12,15-16H,2,4,7-8,13-14H2,1H3,(H,24,28). The van der Waals surface area contributed by atoms with Gasteiger partial charge in [0.05, 0.1) is 18.5 Å². The Bertz CT molecular complexity index is 1190. The molecule has 3 aromatic rings. The molecule has 0 saturated carbocycles. The lowest BCUT2D eigenvalue weighted by molar-refractivity contribution is 0.102. The molecule has 1 aliphatic rings. The summed E-state index contributed by atoms with van der Waals surface area (Å²) in [6, 6.07) is 13.8. The molecule has 0 unspecified atom stereocenters. The average Bonchev–Trinajstić information content (AvgIpc) is 3.32. The van der Waals surface area contributed by atoms with Crippen molar-refractivity contribution >= 4 is 21.6 Å². The lowest BCUT2D eigenvalue weighted by atomic mass is 10.2. The van der Waals surface area contributed by atoms with Gasteiger partial charge in [0.2, 0.25) is 10.0 Å². The summed E-state index contributed by atoms with van der Waals surface area (Å²) in [6.07, 6.45) is 4.04. The van der Waals surface area contributed by atoms with Gasteiger partial charge in [0.25, 0.3) is 5.91 Å². The number of para-hydroxylation sites is 1. The van der Waals surface area contributed by atoms with Gasteiger partial charge in [-0.25, -0.2) is 8.42 Å². The lowest BCUT2D eigenvalue weighted by Gasteiger charge is -2.27. The van der Waals surface area contributed by atoms with Gasteiger partial charge in [-0.1, -0.05) is 24.6 Å². The minimum Gasteiger partial charge on any atom is -0.492 e. The van der Waals surface area contributed by atoms with E-state index in [-0.39, 0.29) is 16.3 Å². The molecule has 1 aliphatic heterocycles. The monoisotopic (exact) mass is 455 g/mol. The summed E-state index contributed by atoms with van der Waals surface area (Å²) < 4.78 is 33.6. The van der Waals surface area contributed by atoms with Gasteiger partial charge in [-0.05, 0) is 50.1 Å². The van der Waals surface area contributed by atoms with Crippen molar-refractivity contribution < 1.29 is 17.9 Å². The van der Waals surface area contributed by atoms with E-state index >= 15 is 0 Å². The van der Waals surface area contributed by atoms with Crippen molar-refractivity contribution in [1.82, 2.24) is 19.3 Å². The summed E-state index contributed by atoms with van der Waals surface area (Å²) >= 11 is 0. The first-order valence-corrected chi connectivity index (χ1v) is 12.0. The first-order chi connectivity index (χ1) is 15.5. The highest BCUT2D eigenvalue weighted by atomic mass is 32.2. The number of aromatic nitrogens is 3. The van der Waals surface area contributed by atoms with Crippen LogP contribution in [0.15, 0.2) is 59.6 Å². The van der Waals surface area contributed by atoms with E-state index < -0.39 is 15.9 Å². The van der Waals surface area contributed by atoms with Gasteiger partial charge in [0.15, 0.2) is 5.69 Å². The molecule has 1 fully saturated rings. The SMILES string of the molecule is CCOc1ccc(NC(=O)c2cnn(-c3ccccc3)n2)cc1S(=O)(=O)N1CCCCC1. The van der Waals surface area contributed by atoms with Crippen LogP contribution in [0, 0.1) is 0 Å². The van der Waals surface area contributed by atoms with Crippen molar-refractivity contribution in [3.63, 3.8) is 0 Å². The number of hydrogen-bond donors (Lipinski definition) is 1. The predicted molar refractivity (Wildman–Crippen MR) is 120 cm³/mol. The predicted octanol–water partition coefficient (Wildman–Crippen LogP) is 3.09.